The third kappa shape index (κ3) is 2.38. The number of benzene rings is 1. The summed E-state index contributed by atoms with van der Waals surface area (Å²) in [5, 5.41) is 26.9. The Labute approximate surface area is 81.4 Å². The number of aliphatic hydroxyl groups is 3. The molecule has 3 N–H and O–H groups in total. The summed E-state index contributed by atoms with van der Waals surface area (Å²) in [5.74, 6) is -0.591. The molecule has 0 heterocycles. The normalized spacial score (nSPS) is 14.8. The molecule has 1 aromatic carbocycles. The highest BCUT2D eigenvalue weighted by molar-refractivity contribution is 5.99. The largest absolute Gasteiger partial charge is 0.394 e. The topological polar surface area (TPSA) is 77.8 Å². The molecule has 0 amide bonds. The van der Waals surface area contributed by atoms with Crippen molar-refractivity contribution in [1.82, 2.24) is 0 Å². The van der Waals surface area contributed by atoms with Crippen LogP contribution in [0.15, 0.2) is 30.3 Å². The molecule has 4 heteroatoms. The van der Waals surface area contributed by atoms with Crippen molar-refractivity contribution in [2.45, 2.75) is 12.2 Å². The summed E-state index contributed by atoms with van der Waals surface area (Å²) in [7, 11) is 0. The molecular weight excluding hydrogens is 184 g/mol. The quantitative estimate of drug-likeness (QED) is 0.572. The Morgan fingerprint density at radius 3 is 2.29 bits per heavy atom. The number of hydrogen-bond acceptors (Lipinski definition) is 4. The third-order valence-electron chi connectivity index (χ3n) is 1.88. The summed E-state index contributed by atoms with van der Waals surface area (Å²) in [6.07, 6.45) is -3.00. The van der Waals surface area contributed by atoms with Crippen LogP contribution < -0.4 is 0 Å². The Bertz CT molecular complexity index is 296. The van der Waals surface area contributed by atoms with Gasteiger partial charge < -0.3 is 15.3 Å². The molecule has 76 valence electrons. The molecule has 0 spiro atoms. The Balaban J connectivity index is 2.76. The maximum absolute atomic E-state index is 11.4. The summed E-state index contributed by atoms with van der Waals surface area (Å²) in [4.78, 5) is 11.4. The smallest absolute Gasteiger partial charge is 0.194 e. The van der Waals surface area contributed by atoms with E-state index in [4.69, 9.17) is 10.2 Å². The molecule has 0 saturated heterocycles. The van der Waals surface area contributed by atoms with Crippen LogP contribution >= 0.6 is 0 Å². The van der Waals surface area contributed by atoms with Crippen LogP contribution in [0.2, 0.25) is 0 Å². The number of Topliss-reactive ketones (excluding diaryl/α,β-unsaturated/α-hetero) is 1. The van der Waals surface area contributed by atoms with E-state index in [1.165, 1.54) is 12.1 Å². The number of ketones is 1. The first-order valence-corrected chi connectivity index (χ1v) is 4.23. The first-order valence-electron chi connectivity index (χ1n) is 4.23. The maximum atomic E-state index is 11.4. The number of hydrogen-bond donors (Lipinski definition) is 3. The SMILES string of the molecule is O=C(c1ccccc1)[C@H](O)[C@@H](O)CO. The predicted molar refractivity (Wildman–Crippen MR) is 49.9 cm³/mol. The lowest BCUT2D eigenvalue weighted by molar-refractivity contribution is -0.00491. The van der Waals surface area contributed by atoms with Crippen LogP contribution in [-0.2, 0) is 0 Å². The molecule has 1 rings (SSSR count). The van der Waals surface area contributed by atoms with Crippen molar-refractivity contribution in [3.05, 3.63) is 35.9 Å². The predicted octanol–water partition coefficient (Wildman–Crippen LogP) is -0.417. The van der Waals surface area contributed by atoms with Gasteiger partial charge in [-0.3, -0.25) is 4.79 Å². The van der Waals surface area contributed by atoms with Gasteiger partial charge in [-0.05, 0) is 0 Å². The minimum absolute atomic E-state index is 0.312. The fraction of sp³-hybridized carbons (Fsp3) is 0.300. The number of carbonyl (C=O) groups is 1. The van der Waals surface area contributed by atoms with Gasteiger partial charge in [0.1, 0.15) is 12.2 Å². The van der Waals surface area contributed by atoms with Crippen LogP contribution in [0.1, 0.15) is 10.4 Å². The van der Waals surface area contributed by atoms with E-state index < -0.39 is 24.6 Å². The minimum Gasteiger partial charge on any atom is -0.394 e. The summed E-state index contributed by atoms with van der Waals surface area (Å²) in [5.41, 5.74) is 0.312. The van der Waals surface area contributed by atoms with E-state index in [1.54, 1.807) is 18.2 Å². The van der Waals surface area contributed by atoms with E-state index in [1.807, 2.05) is 0 Å². The summed E-state index contributed by atoms with van der Waals surface area (Å²) in [6.45, 7) is -0.639. The average molecular weight is 196 g/mol. The highest BCUT2D eigenvalue weighted by Crippen LogP contribution is 2.06. The van der Waals surface area contributed by atoms with Crippen molar-refractivity contribution < 1.29 is 20.1 Å². The lowest BCUT2D eigenvalue weighted by Gasteiger charge is -2.13. The average Bonchev–Trinajstić information content (AvgIpc) is 2.27. The zero-order valence-electron chi connectivity index (χ0n) is 7.50. The van der Waals surface area contributed by atoms with E-state index in [0.29, 0.717) is 5.56 Å². The van der Waals surface area contributed by atoms with E-state index >= 15 is 0 Å². The zero-order chi connectivity index (χ0) is 10.6. The minimum atomic E-state index is -1.57. The lowest BCUT2D eigenvalue weighted by atomic mass is 10.0. The molecule has 1 aromatic rings. The van der Waals surface area contributed by atoms with Gasteiger partial charge in [0, 0.05) is 5.56 Å². The molecule has 14 heavy (non-hydrogen) atoms. The molecule has 0 unspecified atom stereocenters. The molecule has 0 aliphatic carbocycles. The molecule has 4 nitrogen and oxygen atoms in total. The van der Waals surface area contributed by atoms with Crippen LogP contribution in [0.3, 0.4) is 0 Å². The first kappa shape index (κ1) is 10.8. The highest BCUT2D eigenvalue weighted by atomic mass is 16.4. The zero-order valence-corrected chi connectivity index (χ0v) is 7.50. The van der Waals surface area contributed by atoms with Crippen molar-refractivity contribution in [3.63, 3.8) is 0 Å². The van der Waals surface area contributed by atoms with E-state index in [2.05, 4.69) is 0 Å². The third-order valence-corrected chi connectivity index (χ3v) is 1.88. The number of rotatable bonds is 4. The summed E-state index contributed by atoms with van der Waals surface area (Å²) < 4.78 is 0. The van der Waals surface area contributed by atoms with Crippen LogP contribution in [0, 0.1) is 0 Å². The molecule has 0 aliphatic rings. The first-order chi connectivity index (χ1) is 6.66. The van der Waals surface area contributed by atoms with Crippen LogP contribution in [-0.4, -0.2) is 39.9 Å². The van der Waals surface area contributed by atoms with Gasteiger partial charge in [0.15, 0.2) is 5.78 Å². The second kappa shape index (κ2) is 4.85. The summed E-state index contributed by atoms with van der Waals surface area (Å²) >= 11 is 0. The highest BCUT2D eigenvalue weighted by Gasteiger charge is 2.24. The Hall–Kier alpha value is -1.23. The van der Waals surface area contributed by atoms with Crippen molar-refractivity contribution in [3.8, 4) is 0 Å². The number of carbonyl (C=O) groups excluding carboxylic acids is 1. The Kier molecular flexibility index (Phi) is 3.76. The molecule has 0 bridgehead atoms. The molecular formula is C10H12O4. The van der Waals surface area contributed by atoms with Gasteiger partial charge in [-0.2, -0.15) is 0 Å². The molecule has 2 atom stereocenters. The molecule has 0 aliphatic heterocycles. The fourth-order valence-corrected chi connectivity index (χ4v) is 1.05. The maximum Gasteiger partial charge on any atom is 0.194 e. The van der Waals surface area contributed by atoms with E-state index in [9.17, 15) is 9.90 Å². The Morgan fingerprint density at radius 2 is 1.79 bits per heavy atom. The van der Waals surface area contributed by atoms with Crippen molar-refractivity contribution in [2.75, 3.05) is 6.61 Å². The van der Waals surface area contributed by atoms with E-state index in [0.717, 1.165) is 0 Å². The van der Waals surface area contributed by atoms with E-state index in [-0.39, 0.29) is 0 Å². The van der Waals surface area contributed by atoms with Crippen molar-refractivity contribution in [2.24, 2.45) is 0 Å². The van der Waals surface area contributed by atoms with Crippen molar-refractivity contribution >= 4 is 5.78 Å². The summed E-state index contributed by atoms with van der Waals surface area (Å²) in [6, 6.07) is 8.13. The Morgan fingerprint density at radius 1 is 1.21 bits per heavy atom. The van der Waals surface area contributed by atoms with Crippen molar-refractivity contribution in [1.29, 1.82) is 0 Å². The fourth-order valence-electron chi connectivity index (χ4n) is 1.05. The van der Waals surface area contributed by atoms with Crippen LogP contribution in [0.4, 0.5) is 0 Å². The van der Waals surface area contributed by atoms with Gasteiger partial charge in [-0.15, -0.1) is 0 Å². The van der Waals surface area contributed by atoms with Crippen LogP contribution in [0.25, 0.3) is 0 Å². The monoisotopic (exact) mass is 196 g/mol. The van der Waals surface area contributed by atoms with Gasteiger partial charge in [-0.1, -0.05) is 30.3 Å². The van der Waals surface area contributed by atoms with Gasteiger partial charge >= 0.3 is 0 Å². The van der Waals surface area contributed by atoms with Gasteiger partial charge in [-0.25, -0.2) is 0 Å². The van der Waals surface area contributed by atoms with Gasteiger partial charge in [0.05, 0.1) is 6.61 Å². The second-order valence-corrected chi connectivity index (χ2v) is 2.93. The molecule has 0 radical (unpaired) electrons. The standard InChI is InChI=1S/C10H12O4/c11-6-8(12)10(14)9(13)7-4-2-1-3-5-7/h1-5,8,10-12,14H,6H2/t8-,10+/m0/s1. The number of aliphatic hydroxyl groups excluding tert-OH is 3. The van der Waals surface area contributed by atoms with Crippen LogP contribution in [0.5, 0.6) is 0 Å². The molecule has 0 aromatic heterocycles. The second-order valence-electron chi connectivity index (χ2n) is 2.93. The molecule has 0 saturated carbocycles. The van der Waals surface area contributed by atoms with Gasteiger partial charge in [0.25, 0.3) is 0 Å². The lowest BCUT2D eigenvalue weighted by Crippen LogP contribution is -2.36. The van der Waals surface area contributed by atoms with Gasteiger partial charge in [0.2, 0.25) is 0 Å². The molecule has 0 fully saturated rings.